The molecule has 7 heteroatoms. The van der Waals surface area contributed by atoms with E-state index in [1.54, 1.807) is 24.3 Å². The Kier molecular flexibility index (Phi) is 6.75. The van der Waals surface area contributed by atoms with E-state index in [0.717, 1.165) is 33.7 Å². The van der Waals surface area contributed by atoms with Gasteiger partial charge in [0.15, 0.2) is 0 Å². The number of nitrogens with zero attached hydrogens (tertiary/aromatic N) is 2. The average Bonchev–Trinajstić information content (AvgIpc) is 3.10. The Morgan fingerprint density at radius 3 is 2.39 bits per heavy atom. The van der Waals surface area contributed by atoms with E-state index >= 15 is 0 Å². The number of halogens is 1. The lowest BCUT2D eigenvalue weighted by molar-refractivity contribution is -0.116. The fourth-order valence-corrected chi connectivity index (χ4v) is 4.00. The maximum absolute atomic E-state index is 12.9. The van der Waals surface area contributed by atoms with Gasteiger partial charge in [0.25, 0.3) is 5.91 Å². The van der Waals surface area contributed by atoms with Crippen LogP contribution in [0.1, 0.15) is 27.3 Å². The highest BCUT2D eigenvalue weighted by atomic mass is 35.5. The van der Waals surface area contributed by atoms with E-state index in [1.807, 2.05) is 54.8 Å². The summed E-state index contributed by atoms with van der Waals surface area (Å²) in [6.07, 6.45) is 0.491. The number of hydrogen-bond acceptors (Lipinski definition) is 3. The molecule has 6 nitrogen and oxygen atoms in total. The minimum absolute atomic E-state index is 0.130. The molecule has 168 valence electrons. The molecule has 0 aliphatic rings. The molecule has 0 aliphatic carbocycles. The van der Waals surface area contributed by atoms with Crippen LogP contribution in [0.3, 0.4) is 0 Å². The number of carbonyl (C=O) groups excluding carboxylic acids is 2. The first-order valence-corrected chi connectivity index (χ1v) is 11.1. The van der Waals surface area contributed by atoms with Crippen LogP contribution in [-0.4, -0.2) is 27.9 Å². The zero-order valence-corrected chi connectivity index (χ0v) is 19.3. The third-order valence-electron chi connectivity index (χ3n) is 5.28. The molecule has 0 radical (unpaired) electrons. The standard InChI is InChI=1S/C26H25ClN4O2/c1-17-13-18(2)15-21(14-17)29-25(32)16-31-23-6-4-3-5-22(23)30-24(31)11-12-28-26(33)19-7-9-20(27)10-8-19/h3-10,13-15H,11-12,16H2,1-2H3,(H,28,33)(H,29,32). The molecule has 4 aromatic rings. The number of aromatic nitrogens is 2. The lowest BCUT2D eigenvalue weighted by Crippen LogP contribution is -2.27. The van der Waals surface area contributed by atoms with Gasteiger partial charge in [0, 0.05) is 29.2 Å². The van der Waals surface area contributed by atoms with Crippen molar-refractivity contribution in [3.05, 3.63) is 94.3 Å². The highest BCUT2D eigenvalue weighted by Gasteiger charge is 2.14. The number of amides is 2. The molecule has 4 rings (SSSR count). The van der Waals surface area contributed by atoms with Crippen molar-refractivity contribution < 1.29 is 9.59 Å². The zero-order chi connectivity index (χ0) is 23.4. The third-order valence-corrected chi connectivity index (χ3v) is 5.53. The van der Waals surface area contributed by atoms with Crippen molar-refractivity contribution in [2.75, 3.05) is 11.9 Å². The van der Waals surface area contributed by atoms with Gasteiger partial charge in [-0.15, -0.1) is 0 Å². The van der Waals surface area contributed by atoms with Gasteiger partial charge in [-0.3, -0.25) is 9.59 Å². The van der Waals surface area contributed by atoms with Crippen LogP contribution in [0.4, 0.5) is 5.69 Å². The second kappa shape index (κ2) is 9.88. The van der Waals surface area contributed by atoms with E-state index in [-0.39, 0.29) is 18.4 Å². The molecule has 0 saturated heterocycles. The molecule has 0 aliphatic heterocycles. The number of fused-ring (bicyclic) bond motifs is 1. The van der Waals surface area contributed by atoms with Gasteiger partial charge in [-0.05, 0) is 73.5 Å². The summed E-state index contributed by atoms with van der Waals surface area (Å²) in [4.78, 5) is 29.9. The number of imidazole rings is 1. The van der Waals surface area contributed by atoms with Crippen molar-refractivity contribution in [3.63, 3.8) is 0 Å². The summed E-state index contributed by atoms with van der Waals surface area (Å²) in [5.41, 5.74) is 5.20. The first-order chi connectivity index (χ1) is 15.9. The smallest absolute Gasteiger partial charge is 0.251 e. The van der Waals surface area contributed by atoms with Crippen molar-refractivity contribution in [2.24, 2.45) is 0 Å². The van der Waals surface area contributed by atoms with Crippen molar-refractivity contribution in [1.82, 2.24) is 14.9 Å². The minimum atomic E-state index is -0.179. The van der Waals surface area contributed by atoms with E-state index in [0.29, 0.717) is 23.6 Å². The first kappa shape index (κ1) is 22.6. The van der Waals surface area contributed by atoms with Gasteiger partial charge in [0.2, 0.25) is 5.91 Å². The highest BCUT2D eigenvalue weighted by Crippen LogP contribution is 2.18. The van der Waals surface area contributed by atoms with Gasteiger partial charge in [0.1, 0.15) is 12.4 Å². The van der Waals surface area contributed by atoms with Crippen LogP contribution in [0.15, 0.2) is 66.7 Å². The van der Waals surface area contributed by atoms with Crippen molar-refractivity contribution in [3.8, 4) is 0 Å². The Bertz CT molecular complexity index is 1290. The highest BCUT2D eigenvalue weighted by molar-refractivity contribution is 6.30. The van der Waals surface area contributed by atoms with Gasteiger partial charge < -0.3 is 15.2 Å². The molecule has 0 bridgehead atoms. The summed E-state index contributed by atoms with van der Waals surface area (Å²) < 4.78 is 1.90. The fourth-order valence-electron chi connectivity index (χ4n) is 3.87. The van der Waals surface area contributed by atoms with E-state index in [4.69, 9.17) is 16.6 Å². The number of carbonyl (C=O) groups is 2. The predicted molar refractivity (Wildman–Crippen MR) is 132 cm³/mol. The molecule has 1 heterocycles. The van der Waals surface area contributed by atoms with Crippen LogP contribution in [-0.2, 0) is 17.8 Å². The summed E-state index contributed by atoms with van der Waals surface area (Å²) in [6.45, 7) is 4.53. The molecule has 0 spiro atoms. The van der Waals surface area contributed by atoms with Crippen molar-refractivity contribution in [2.45, 2.75) is 26.8 Å². The lowest BCUT2D eigenvalue weighted by atomic mass is 10.1. The quantitative estimate of drug-likeness (QED) is 0.411. The van der Waals surface area contributed by atoms with Crippen LogP contribution in [0.5, 0.6) is 0 Å². The van der Waals surface area contributed by atoms with E-state index in [1.165, 1.54) is 0 Å². The number of nitrogens with one attached hydrogen (secondary N) is 2. The minimum Gasteiger partial charge on any atom is -0.352 e. The van der Waals surface area contributed by atoms with E-state index < -0.39 is 0 Å². The third kappa shape index (κ3) is 5.59. The normalized spacial score (nSPS) is 10.9. The Labute approximate surface area is 197 Å². The van der Waals surface area contributed by atoms with Gasteiger partial charge in [-0.2, -0.15) is 0 Å². The molecule has 3 aromatic carbocycles. The van der Waals surface area contributed by atoms with E-state index in [9.17, 15) is 9.59 Å². The molecule has 2 amide bonds. The summed E-state index contributed by atoms with van der Waals surface area (Å²) >= 11 is 5.89. The second-order valence-electron chi connectivity index (χ2n) is 8.04. The monoisotopic (exact) mass is 460 g/mol. The summed E-state index contributed by atoms with van der Waals surface area (Å²) in [5.74, 6) is 0.430. The molecule has 1 aromatic heterocycles. The average molecular weight is 461 g/mol. The number of benzene rings is 3. The largest absolute Gasteiger partial charge is 0.352 e. The number of anilines is 1. The van der Waals surface area contributed by atoms with E-state index in [2.05, 4.69) is 16.7 Å². The Hall–Kier alpha value is -3.64. The molecule has 2 N–H and O–H groups in total. The maximum atomic E-state index is 12.9. The second-order valence-corrected chi connectivity index (χ2v) is 8.48. The Morgan fingerprint density at radius 2 is 1.67 bits per heavy atom. The van der Waals surface area contributed by atoms with Gasteiger partial charge in [0.05, 0.1) is 11.0 Å². The van der Waals surface area contributed by atoms with Gasteiger partial charge >= 0.3 is 0 Å². The molecule has 0 unspecified atom stereocenters. The number of para-hydroxylation sites is 2. The maximum Gasteiger partial charge on any atom is 0.251 e. The molecule has 0 atom stereocenters. The molecular formula is C26H25ClN4O2. The number of aryl methyl sites for hydroxylation is 2. The number of hydrogen-bond donors (Lipinski definition) is 2. The van der Waals surface area contributed by atoms with Gasteiger partial charge in [-0.1, -0.05) is 29.8 Å². The van der Waals surface area contributed by atoms with Crippen LogP contribution in [0, 0.1) is 13.8 Å². The van der Waals surface area contributed by atoms with Crippen LogP contribution in [0.2, 0.25) is 5.02 Å². The molecule has 0 saturated carbocycles. The van der Waals surface area contributed by atoms with Crippen LogP contribution in [0.25, 0.3) is 11.0 Å². The summed E-state index contributed by atoms with van der Waals surface area (Å²) in [7, 11) is 0. The zero-order valence-electron chi connectivity index (χ0n) is 18.6. The first-order valence-electron chi connectivity index (χ1n) is 10.7. The summed E-state index contributed by atoms with van der Waals surface area (Å²) in [5, 5.41) is 6.48. The Balaban J connectivity index is 1.47. The fraction of sp³-hybridized carbons (Fsp3) is 0.192. The van der Waals surface area contributed by atoms with Crippen LogP contribution >= 0.6 is 11.6 Å². The van der Waals surface area contributed by atoms with Crippen LogP contribution < -0.4 is 10.6 Å². The molecule has 0 fully saturated rings. The van der Waals surface area contributed by atoms with Crippen molar-refractivity contribution >= 4 is 40.1 Å². The lowest BCUT2D eigenvalue weighted by Gasteiger charge is -2.12. The Morgan fingerprint density at radius 1 is 0.970 bits per heavy atom. The topological polar surface area (TPSA) is 76.0 Å². The molecular weight excluding hydrogens is 436 g/mol. The van der Waals surface area contributed by atoms with Crippen molar-refractivity contribution in [1.29, 1.82) is 0 Å². The molecule has 33 heavy (non-hydrogen) atoms. The predicted octanol–water partition coefficient (Wildman–Crippen LogP) is 4.92. The van der Waals surface area contributed by atoms with Gasteiger partial charge in [-0.25, -0.2) is 4.98 Å². The summed E-state index contributed by atoms with van der Waals surface area (Å²) in [6, 6.07) is 20.4. The SMILES string of the molecule is Cc1cc(C)cc(NC(=O)Cn2c(CCNC(=O)c3ccc(Cl)cc3)nc3ccccc32)c1. The number of rotatable bonds is 7.